The minimum Gasteiger partial charge on any atom is -0.394 e. The number of amides is 1. The lowest BCUT2D eigenvalue weighted by molar-refractivity contribution is -0.148. The summed E-state index contributed by atoms with van der Waals surface area (Å²) in [6.45, 7) is 1.87. The lowest BCUT2D eigenvalue weighted by Gasteiger charge is -2.24. The lowest BCUT2D eigenvalue weighted by atomic mass is 10.0. The molecule has 0 saturated heterocycles. The standard InChI is InChI=1S/C23H47NO6/c1-2-3-4-5-6-7-8-9-10-11-12-13-14-15-16-17-24-23(30)22(29)21(28)20(27)19(26)18-25/h19-22,25-29H,2-18H2,1H3,(H,24,30)/t19-,20-,21+,22-/m1/s1. The van der Waals surface area contributed by atoms with E-state index >= 15 is 0 Å². The third-order valence-electron chi connectivity index (χ3n) is 5.60. The second kappa shape index (κ2) is 20.2. The first-order valence-electron chi connectivity index (χ1n) is 12.1. The maximum absolute atomic E-state index is 11.8. The number of hydrogen-bond acceptors (Lipinski definition) is 6. The van der Waals surface area contributed by atoms with Crippen molar-refractivity contribution in [1.82, 2.24) is 5.32 Å². The van der Waals surface area contributed by atoms with Crippen LogP contribution in [0.2, 0.25) is 0 Å². The van der Waals surface area contributed by atoms with Gasteiger partial charge in [-0.05, 0) is 6.42 Å². The topological polar surface area (TPSA) is 130 Å². The minimum atomic E-state index is -1.85. The predicted octanol–water partition coefficient (Wildman–Crippen LogP) is 2.41. The zero-order chi connectivity index (χ0) is 22.6. The molecule has 6 N–H and O–H groups in total. The molecule has 4 atom stereocenters. The summed E-state index contributed by atoms with van der Waals surface area (Å²) >= 11 is 0. The van der Waals surface area contributed by atoms with Crippen LogP contribution >= 0.6 is 0 Å². The smallest absolute Gasteiger partial charge is 0.251 e. The number of hydrogen-bond donors (Lipinski definition) is 6. The fourth-order valence-corrected chi connectivity index (χ4v) is 3.49. The van der Waals surface area contributed by atoms with Gasteiger partial charge < -0.3 is 30.8 Å². The van der Waals surface area contributed by atoms with Gasteiger partial charge in [0.1, 0.15) is 18.3 Å². The van der Waals surface area contributed by atoms with E-state index in [1.807, 2.05) is 0 Å². The van der Waals surface area contributed by atoms with Gasteiger partial charge >= 0.3 is 0 Å². The van der Waals surface area contributed by atoms with Crippen LogP contribution in [-0.4, -0.2) is 69.0 Å². The van der Waals surface area contributed by atoms with Crippen LogP contribution in [0.4, 0.5) is 0 Å². The van der Waals surface area contributed by atoms with Gasteiger partial charge in [0.25, 0.3) is 5.91 Å². The molecule has 0 rings (SSSR count). The van der Waals surface area contributed by atoms with Gasteiger partial charge in [0, 0.05) is 6.54 Å². The van der Waals surface area contributed by atoms with E-state index in [4.69, 9.17) is 5.11 Å². The predicted molar refractivity (Wildman–Crippen MR) is 119 cm³/mol. The molecule has 7 nitrogen and oxygen atoms in total. The van der Waals surface area contributed by atoms with E-state index in [1.54, 1.807) is 0 Å². The van der Waals surface area contributed by atoms with E-state index in [0.717, 1.165) is 19.3 Å². The Labute approximate surface area is 182 Å². The van der Waals surface area contributed by atoms with Gasteiger partial charge in [0.2, 0.25) is 0 Å². The van der Waals surface area contributed by atoms with Crippen LogP contribution in [0.15, 0.2) is 0 Å². The third-order valence-corrected chi connectivity index (χ3v) is 5.60. The zero-order valence-corrected chi connectivity index (χ0v) is 19.0. The highest BCUT2D eigenvalue weighted by Crippen LogP contribution is 2.13. The third kappa shape index (κ3) is 15.1. The Morgan fingerprint density at radius 3 is 1.47 bits per heavy atom. The Kier molecular flexibility index (Phi) is 19.7. The minimum absolute atomic E-state index is 0.388. The van der Waals surface area contributed by atoms with Crippen molar-refractivity contribution in [3.05, 3.63) is 0 Å². The van der Waals surface area contributed by atoms with E-state index in [2.05, 4.69) is 12.2 Å². The van der Waals surface area contributed by atoms with Crippen LogP contribution in [0, 0.1) is 0 Å². The van der Waals surface area contributed by atoms with Gasteiger partial charge in [0.15, 0.2) is 6.10 Å². The summed E-state index contributed by atoms with van der Waals surface area (Å²) in [5, 5.41) is 49.4. The molecule has 0 heterocycles. The van der Waals surface area contributed by atoms with E-state index in [1.165, 1.54) is 77.0 Å². The van der Waals surface area contributed by atoms with Gasteiger partial charge in [-0.1, -0.05) is 96.8 Å². The van der Waals surface area contributed by atoms with Crippen LogP contribution < -0.4 is 5.32 Å². The van der Waals surface area contributed by atoms with Crippen LogP contribution in [0.1, 0.15) is 103 Å². The van der Waals surface area contributed by atoms with Crippen molar-refractivity contribution in [2.75, 3.05) is 13.2 Å². The molecule has 0 aliphatic heterocycles. The first-order valence-corrected chi connectivity index (χ1v) is 12.1. The van der Waals surface area contributed by atoms with Gasteiger partial charge in [-0.3, -0.25) is 4.79 Å². The summed E-state index contributed by atoms with van der Waals surface area (Å²) in [5.41, 5.74) is 0. The SMILES string of the molecule is CCCCCCCCCCCCCCCCCNC(=O)[C@H](O)[C@@H](O)[C@H](O)[C@H](O)CO. The van der Waals surface area contributed by atoms with Crippen molar-refractivity contribution in [1.29, 1.82) is 0 Å². The molecule has 0 bridgehead atoms. The van der Waals surface area contributed by atoms with Crippen LogP contribution in [-0.2, 0) is 4.79 Å². The number of unbranched alkanes of at least 4 members (excludes halogenated alkanes) is 14. The summed E-state index contributed by atoms with van der Waals surface area (Å²) in [7, 11) is 0. The van der Waals surface area contributed by atoms with E-state index in [-0.39, 0.29) is 0 Å². The molecule has 7 heteroatoms. The Hall–Kier alpha value is -0.730. The first kappa shape index (κ1) is 29.3. The van der Waals surface area contributed by atoms with Crippen LogP contribution in [0.3, 0.4) is 0 Å². The number of carbonyl (C=O) groups is 1. The number of rotatable bonds is 21. The van der Waals surface area contributed by atoms with Crippen molar-refractivity contribution in [2.45, 2.75) is 128 Å². The number of aliphatic hydroxyl groups excluding tert-OH is 5. The van der Waals surface area contributed by atoms with Crippen LogP contribution in [0.5, 0.6) is 0 Å². The average Bonchev–Trinajstić information content (AvgIpc) is 2.76. The largest absolute Gasteiger partial charge is 0.394 e. The van der Waals surface area contributed by atoms with Gasteiger partial charge in [0.05, 0.1) is 6.61 Å². The van der Waals surface area contributed by atoms with E-state index in [9.17, 15) is 25.2 Å². The fraction of sp³-hybridized carbons (Fsp3) is 0.957. The molecule has 0 saturated carbocycles. The summed E-state index contributed by atoms with van der Waals surface area (Å²) < 4.78 is 0. The Morgan fingerprint density at radius 1 is 0.667 bits per heavy atom. The van der Waals surface area contributed by atoms with E-state index in [0.29, 0.717) is 6.54 Å². The Balaban J connectivity index is 3.48. The monoisotopic (exact) mass is 433 g/mol. The molecule has 0 radical (unpaired) electrons. The van der Waals surface area contributed by atoms with Crippen molar-refractivity contribution in [3.8, 4) is 0 Å². The normalized spacial score (nSPS) is 15.5. The molecule has 0 aliphatic carbocycles. The second-order valence-corrected chi connectivity index (χ2v) is 8.42. The molecule has 0 aliphatic rings. The summed E-state index contributed by atoms with van der Waals surface area (Å²) in [4.78, 5) is 11.8. The Bertz CT molecular complexity index is 396. The molecular formula is C23H47NO6. The number of carbonyl (C=O) groups excluding carboxylic acids is 1. The van der Waals surface area contributed by atoms with Gasteiger partial charge in [-0.25, -0.2) is 0 Å². The van der Waals surface area contributed by atoms with E-state index < -0.39 is 36.9 Å². The molecule has 0 aromatic rings. The van der Waals surface area contributed by atoms with Gasteiger partial charge in [-0.2, -0.15) is 0 Å². The Morgan fingerprint density at radius 2 is 1.07 bits per heavy atom. The number of aliphatic hydroxyl groups is 5. The van der Waals surface area contributed by atoms with Crippen LogP contribution in [0.25, 0.3) is 0 Å². The molecule has 180 valence electrons. The highest BCUT2D eigenvalue weighted by atomic mass is 16.4. The number of nitrogens with one attached hydrogen (secondary N) is 1. The van der Waals surface area contributed by atoms with Crippen molar-refractivity contribution in [3.63, 3.8) is 0 Å². The molecular weight excluding hydrogens is 386 g/mol. The second-order valence-electron chi connectivity index (χ2n) is 8.42. The zero-order valence-electron chi connectivity index (χ0n) is 19.0. The van der Waals surface area contributed by atoms with Gasteiger partial charge in [-0.15, -0.1) is 0 Å². The molecule has 0 fully saturated rings. The molecule has 1 amide bonds. The molecule has 0 unspecified atom stereocenters. The molecule has 0 aromatic carbocycles. The van der Waals surface area contributed by atoms with Crippen molar-refractivity contribution >= 4 is 5.91 Å². The fourth-order valence-electron chi connectivity index (χ4n) is 3.49. The maximum atomic E-state index is 11.8. The molecule has 0 spiro atoms. The summed E-state index contributed by atoms with van der Waals surface area (Å²) in [6.07, 6.45) is 11.8. The highest BCUT2D eigenvalue weighted by Gasteiger charge is 2.33. The first-order chi connectivity index (χ1) is 14.5. The van der Waals surface area contributed by atoms with Crippen molar-refractivity contribution < 1.29 is 30.3 Å². The summed E-state index contributed by atoms with van der Waals surface area (Å²) in [5.74, 6) is -0.794. The molecule has 30 heavy (non-hydrogen) atoms. The quantitative estimate of drug-likeness (QED) is 0.154. The average molecular weight is 434 g/mol. The molecule has 0 aromatic heterocycles. The highest BCUT2D eigenvalue weighted by molar-refractivity contribution is 5.81. The lowest BCUT2D eigenvalue weighted by Crippen LogP contribution is -2.51. The maximum Gasteiger partial charge on any atom is 0.251 e. The van der Waals surface area contributed by atoms with Crippen molar-refractivity contribution in [2.24, 2.45) is 0 Å². The summed E-state index contributed by atoms with van der Waals surface area (Å²) in [6, 6.07) is 0.